The Labute approximate surface area is 434 Å². The van der Waals surface area contributed by atoms with Crippen molar-refractivity contribution >= 4 is 32.8 Å². The maximum atomic E-state index is 9.25. The molecule has 0 amide bonds. The molecule has 0 bridgehead atoms. The first kappa shape index (κ1) is 37.6. The molecule has 0 aliphatic carbocycles. The molecule has 0 aliphatic rings. The summed E-state index contributed by atoms with van der Waals surface area (Å²) in [5.74, 6) is 1.55. The molecular formula is C66H68N4O. The molecular weight excluding hydrogens is 865 g/mol. The molecule has 0 spiro atoms. The summed E-state index contributed by atoms with van der Waals surface area (Å²) in [6.07, 6.45) is 1.97. The van der Waals surface area contributed by atoms with Crippen molar-refractivity contribution in [2.75, 3.05) is 0 Å². The lowest BCUT2D eigenvalue weighted by molar-refractivity contribution is -0.571. The van der Waals surface area contributed by atoms with Gasteiger partial charge in [0.15, 0.2) is 0 Å². The van der Waals surface area contributed by atoms with Crippen LogP contribution in [0.4, 0.5) is 0 Å². The van der Waals surface area contributed by atoms with E-state index >= 15 is 0 Å². The average molecular weight is 942 g/mol. The molecule has 5 nitrogen and oxygen atoms in total. The third-order valence-corrected chi connectivity index (χ3v) is 12.6. The number of benzene rings is 7. The van der Waals surface area contributed by atoms with Crippen molar-refractivity contribution in [3.8, 4) is 50.9 Å². The van der Waals surface area contributed by atoms with Gasteiger partial charge in [-0.25, -0.2) is 4.98 Å². The highest BCUT2D eigenvalue weighted by Crippen LogP contribution is 2.41. The molecule has 0 N–H and O–H groups in total. The minimum absolute atomic E-state index is 0.0838. The zero-order valence-corrected chi connectivity index (χ0v) is 43.0. The number of para-hydroxylation sites is 3. The number of hydrogen-bond acceptors (Lipinski definition) is 2. The number of aromatic nitrogens is 4. The Morgan fingerprint density at radius 3 is 1.90 bits per heavy atom. The minimum Gasteiger partial charge on any atom is -0.458 e. The summed E-state index contributed by atoms with van der Waals surface area (Å²) in [6, 6.07) is 41.1. The van der Waals surface area contributed by atoms with E-state index in [1.54, 1.807) is 18.3 Å². The summed E-state index contributed by atoms with van der Waals surface area (Å²) < 4.78 is 93.9. The van der Waals surface area contributed by atoms with E-state index in [-0.39, 0.29) is 28.5 Å². The molecule has 0 saturated carbocycles. The summed E-state index contributed by atoms with van der Waals surface area (Å²) in [4.78, 5) is 4.82. The van der Waals surface area contributed by atoms with Gasteiger partial charge in [-0.05, 0) is 134 Å². The van der Waals surface area contributed by atoms with Gasteiger partial charge in [0.1, 0.15) is 17.3 Å². The van der Waals surface area contributed by atoms with E-state index < -0.39 is 41.7 Å². The lowest BCUT2D eigenvalue weighted by Crippen LogP contribution is -2.31. The minimum atomic E-state index is -1.69. The average Bonchev–Trinajstić information content (AvgIpc) is 3.96. The molecule has 10 aromatic rings. The van der Waals surface area contributed by atoms with Crippen LogP contribution >= 0.6 is 0 Å². The molecule has 358 valence electrons. The third kappa shape index (κ3) is 9.80. The SMILES string of the molecule is [2H]c1c([2H])c([2H])c(-c2cccc(-c3cc(C(C)(C)C)cc(C(C)(C)C)c3)c2-[n+]2[c-]n(-c3cccc(Oc4ccc5c6cc(C([2H])([2H])C(C)(C)C)ccc6n(-c6cc(C([2H])([2H])C(C)(C)C)ccn6)c5c4)c3)c3ccccc32)c([2H])c1[2H]. The molecule has 0 aliphatic heterocycles. The molecule has 0 atom stereocenters. The van der Waals surface area contributed by atoms with Gasteiger partial charge in [0.2, 0.25) is 0 Å². The predicted octanol–water partition coefficient (Wildman–Crippen LogP) is 17.1. The van der Waals surface area contributed by atoms with Gasteiger partial charge in [-0.15, -0.1) is 0 Å². The molecule has 0 unspecified atom stereocenters. The first-order valence-corrected chi connectivity index (χ1v) is 24.5. The molecule has 3 heterocycles. The highest BCUT2D eigenvalue weighted by Gasteiger charge is 2.25. The largest absolute Gasteiger partial charge is 0.458 e. The second-order valence-electron chi connectivity index (χ2n) is 22.8. The zero-order valence-electron chi connectivity index (χ0n) is 52.0. The first-order valence-electron chi connectivity index (χ1n) is 29.0. The maximum Gasteiger partial charge on any atom is 0.269 e. The monoisotopic (exact) mass is 942 g/mol. The molecule has 7 aromatic carbocycles. The third-order valence-electron chi connectivity index (χ3n) is 12.6. The van der Waals surface area contributed by atoms with Crippen LogP contribution in [-0.2, 0) is 23.6 Å². The van der Waals surface area contributed by atoms with Gasteiger partial charge in [0, 0.05) is 28.5 Å². The summed E-state index contributed by atoms with van der Waals surface area (Å²) in [7, 11) is 0. The molecule has 0 fully saturated rings. The van der Waals surface area contributed by atoms with E-state index in [2.05, 4.69) is 66.1 Å². The Bertz CT molecular complexity index is 4050. The number of hydrogen-bond donors (Lipinski definition) is 0. The Morgan fingerprint density at radius 2 is 1.21 bits per heavy atom. The molecule has 0 saturated heterocycles. The van der Waals surface area contributed by atoms with Crippen molar-refractivity contribution in [3.05, 3.63) is 198 Å². The molecule has 0 radical (unpaired) electrons. The normalized spacial score (nSPS) is 14.8. The predicted molar refractivity (Wildman–Crippen MR) is 297 cm³/mol. The van der Waals surface area contributed by atoms with E-state index in [0.717, 1.165) is 55.1 Å². The molecule has 5 heteroatoms. The van der Waals surface area contributed by atoms with Gasteiger partial charge in [-0.2, -0.15) is 0 Å². The summed E-state index contributed by atoms with van der Waals surface area (Å²) >= 11 is 0. The maximum absolute atomic E-state index is 9.25. The Kier molecular flexibility index (Phi) is 9.45. The lowest BCUT2D eigenvalue weighted by Gasteiger charge is -2.27. The van der Waals surface area contributed by atoms with Crippen molar-refractivity contribution in [2.45, 2.75) is 107 Å². The Balaban J connectivity index is 1.15. The number of rotatable bonds is 9. The van der Waals surface area contributed by atoms with Gasteiger partial charge in [-0.3, -0.25) is 13.7 Å². The highest BCUT2D eigenvalue weighted by atomic mass is 16.5. The van der Waals surface area contributed by atoms with Crippen molar-refractivity contribution in [3.63, 3.8) is 0 Å². The second kappa shape index (κ2) is 17.9. The van der Waals surface area contributed by atoms with E-state index in [1.807, 2.05) is 158 Å². The fraction of sp³-hybridized carbons (Fsp3) is 0.273. The van der Waals surface area contributed by atoms with Gasteiger partial charge in [-0.1, -0.05) is 186 Å². The second-order valence-corrected chi connectivity index (χ2v) is 22.8. The lowest BCUT2D eigenvalue weighted by atomic mass is 9.78. The van der Waals surface area contributed by atoms with Crippen LogP contribution in [0.25, 0.3) is 72.3 Å². The molecule has 71 heavy (non-hydrogen) atoms. The first-order chi connectivity index (χ1) is 37.3. The van der Waals surface area contributed by atoms with Crippen molar-refractivity contribution in [1.29, 1.82) is 0 Å². The van der Waals surface area contributed by atoms with Crippen molar-refractivity contribution < 1.29 is 21.6 Å². The standard InChI is InChI=1S/C66H68N4O/c1-63(2,3)41-44-28-31-57-56(34-44)55-30-29-52(40-60(55)70(57)61-35-45(32-33-67-61)42-64(4,5)6)71-51-23-18-22-50(39-51)68-43-69(59-27-17-16-26-58(59)68)62-53(46-20-14-13-15-21-46)24-19-25-54(62)47-36-48(65(7,8)9)38-49(37-47)66(10,11)12/h13-40H,41-42H2,1-12H3/i13D,14D,15D,20D,21D,41D2,42D2. The smallest absolute Gasteiger partial charge is 0.269 e. The van der Waals surface area contributed by atoms with Crippen LogP contribution < -0.4 is 9.30 Å². The quantitative estimate of drug-likeness (QED) is 0.107. The Morgan fingerprint density at radius 1 is 0.563 bits per heavy atom. The zero-order chi connectivity index (χ0) is 58.0. The molecule has 3 aromatic heterocycles. The fourth-order valence-electron chi connectivity index (χ4n) is 9.37. The fourth-order valence-corrected chi connectivity index (χ4v) is 9.37. The van der Waals surface area contributed by atoms with Gasteiger partial charge in [0.25, 0.3) is 6.33 Å². The van der Waals surface area contributed by atoms with Crippen molar-refractivity contribution in [2.24, 2.45) is 10.8 Å². The number of pyridine rings is 1. The van der Waals surface area contributed by atoms with E-state index in [4.69, 9.17) is 16.6 Å². The van der Waals surface area contributed by atoms with Crippen LogP contribution in [-0.4, -0.2) is 14.1 Å². The Hall–Kier alpha value is -7.24. The van der Waals surface area contributed by atoms with Gasteiger partial charge < -0.3 is 4.74 Å². The van der Waals surface area contributed by atoms with Crippen LogP contribution in [0, 0.1) is 17.2 Å². The van der Waals surface area contributed by atoms with E-state index in [9.17, 15) is 5.48 Å². The van der Waals surface area contributed by atoms with Crippen molar-refractivity contribution in [1.82, 2.24) is 14.1 Å². The van der Waals surface area contributed by atoms with Crippen LogP contribution in [0.15, 0.2) is 170 Å². The number of nitrogens with zero attached hydrogens (tertiary/aromatic N) is 4. The van der Waals surface area contributed by atoms with E-state index in [0.29, 0.717) is 45.4 Å². The van der Waals surface area contributed by atoms with Crippen LogP contribution in [0.5, 0.6) is 11.5 Å². The highest BCUT2D eigenvalue weighted by molar-refractivity contribution is 6.09. The number of imidazole rings is 1. The van der Waals surface area contributed by atoms with Gasteiger partial charge >= 0.3 is 0 Å². The van der Waals surface area contributed by atoms with Gasteiger partial charge in [0.05, 0.1) is 40.3 Å². The molecule has 10 rings (SSSR count). The summed E-state index contributed by atoms with van der Waals surface area (Å²) in [5, 5.41) is 1.67. The number of ether oxygens (including phenoxy) is 1. The number of fused-ring (bicyclic) bond motifs is 4. The summed E-state index contributed by atoms with van der Waals surface area (Å²) in [6.45, 7) is 24.5. The van der Waals surface area contributed by atoms with E-state index in [1.165, 1.54) is 0 Å². The topological polar surface area (TPSA) is 35.9 Å². The van der Waals surface area contributed by atoms with Crippen LogP contribution in [0.2, 0.25) is 0 Å². The van der Waals surface area contributed by atoms with Crippen LogP contribution in [0.3, 0.4) is 0 Å². The van der Waals surface area contributed by atoms with Crippen LogP contribution in [0.1, 0.15) is 118 Å². The summed E-state index contributed by atoms with van der Waals surface area (Å²) in [5.41, 5.74) is 8.10.